The molecule has 1 aliphatic carbocycles. The summed E-state index contributed by atoms with van der Waals surface area (Å²) in [6.07, 6.45) is 11.6. The Kier molecular flexibility index (Phi) is 3.76. The molecule has 0 amide bonds. The third kappa shape index (κ3) is 3.08. The highest BCUT2D eigenvalue weighted by molar-refractivity contribution is 6.00. The van der Waals surface area contributed by atoms with E-state index in [2.05, 4.69) is 10.4 Å². The molecule has 84 valence electrons. The van der Waals surface area contributed by atoms with Crippen LogP contribution in [0, 0.1) is 10.8 Å². The SMILES string of the molecule is O=NN=C1C=CC=CC1C=Cc1ccccc1. The number of hydrogen-bond donors (Lipinski definition) is 0. The van der Waals surface area contributed by atoms with E-state index >= 15 is 0 Å². The maximum absolute atomic E-state index is 10.2. The minimum absolute atomic E-state index is 0.0120. The van der Waals surface area contributed by atoms with Crippen LogP contribution >= 0.6 is 0 Å². The lowest BCUT2D eigenvalue weighted by Gasteiger charge is -2.09. The topological polar surface area (TPSA) is 41.8 Å². The zero-order chi connectivity index (χ0) is 11.9. The summed E-state index contributed by atoms with van der Waals surface area (Å²) in [6.45, 7) is 0. The normalized spacial score (nSPS) is 21.2. The summed E-state index contributed by atoms with van der Waals surface area (Å²) in [7, 11) is 0. The standard InChI is InChI=1S/C14H12N2O/c17-16-15-14-9-5-4-8-13(14)11-10-12-6-2-1-3-7-12/h1-11,13H. The highest BCUT2D eigenvalue weighted by Gasteiger charge is 2.09. The van der Waals surface area contributed by atoms with E-state index in [9.17, 15) is 4.91 Å². The quantitative estimate of drug-likeness (QED) is 0.571. The highest BCUT2D eigenvalue weighted by atomic mass is 16.3. The number of allylic oxidation sites excluding steroid dienone is 5. The monoisotopic (exact) mass is 224 g/mol. The van der Waals surface area contributed by atoms with Crippen LogP contribution in [0.15, 0.2) is 71.1 Å². The lowest BCUT2D eigenvalue weighted by Crippen LogP contribution is -2.08. The van der Waals surface area contributed by atoms with Gasteiger partial charge in [-0.05, 0) is 11.6 Å². The maximum atomic E-state index is 10.2. The molecule has 0 N–H and O–H groups in total. The van der Waals surface area contributed by atoms with Crippen molar-refractivity contribution in [2.75, 3.05) is 0 Å². The maximum Gasteiger partial charge on any atom is 0.0800 e. The fraction of sp³-hybridized carbons (Fsp3) is 0.0714. The van der Waals surface area contributed by atoms with E-state index in [1.807, 2.05) is 60.7 Å². The molecule has 0 aromatic heterocycles. The van der Waals surface area contributed by atoms with Gasteiger partial charge in [-0.3, -0.25) is 0 Å². The van der Waals surface area contributed by atoms with Gasteiger partial charge in [0, 0.05) is 5.92 Å². The summed E-state index contributed by atoms with van der Waals surface area (Å²) in [4.78, 5) is 10.2. The minimum Gasteiger partial charge on any atom is -0.123 e. The molecule has 1 aliphatic rings. The number of benzene rings is 1. The van der Waals surface area contributed by atoms with Gasteiger partial charge in [-0.25, -0.2) is 0 Å². The molecule has 0 aliphatic heterocycles. The van der Waals surface area contributed by atoms with E-state index < -0.39 is 0 Å². The molecule has 0 spiro atoms. The first-order valence-corrected chi connectivity index (χ1v) is 5.38. The Morgan fingerprint density at radius 3 is 2.71 bits per heavy atom. The number of nitrogens with zero attached hydrogens (tertiary/aromatic N) is 2. The summed E-state index contributed by atoms with van der Waals surface area (Å²) in [5, 5.41) is 6.16. The van der Waals surface area contributed by atoms with Gasteiger partial charge in [0.15, 0.2) is 0 Å². The highest BCUT2D eigenvalue weighted by Crippen LogP contribution is 2.13. The van der Waals surface area contributed by atoms with Crippen LogP contribution in [0.5, 0.6) is 0 Å². The Hall–Kier alpha value is -2.29. The Bertz CT molecular complexity index is 498. The summed E-state index contributed by atoms with van der Waals surface area (Å²) in [6, 6.07) is 9.99. The van der Waals surface area contributed by atoms with Gasteiger partial charge in [0.2, 0.25) is 0 Å². The second-order valence-electron chi connectivity index (χ2n) is 3.65. The molecule has 1 aromatic carbocycles. The predicted octanol–water partition coefficient (Wildman–Crippen LogP) is 3.56. The molecule has 1 atom stereocenters. The van der Waals surface area contributed by atoms with Crippen LogP contribution in [-0.2, 0) is 0 Å². The fourth-order valence-electron chi connectivity index (χ4n) is 1.64. The molecule has 0 saturated carbocycles. The van der Waals surface area contributed by atoms with Gasteiger partial charge in [0.1, 0.15) is 0 Å². The van der Waals surface area contributed by atoms with Gasteiger partial charge < -0.3 is 0 Å². The molecule has 0 bridgehead atoms. The van der Waals surface area contributed by atoms with Crippen LogP contribution < -0.4 is 0 Å². The third-order valence-corrected chi connectivity index (χ3v) is 2.49. The summed E-state index contributed by atoms with van der Waals surface area (Å²) >= 11 is 0. The van der Waals surface area contributed by atoms with E-state index in [0.717, 1.165) is 5.56 Å². The largest absolute Gasteiger partial charge is 0.123 e. The van der Waals surface area contributed by atoms with Crippen molar-refractivity contribution in [2.24, 2.45) is 16.3 Å². The molecule has 2 rings (SSSR count). The summed E-state index contributed by atoms with van der Waals surface area (Å²) in [5.74, 6) is 0.0120. The molecule has 0 heterocycles. The zero-order valence-corrected chi connectivity index (χ0v) is 9.23. The van der Waals surface area contributed by atoms with E-state index in [0.29, 0.717) is 5.71 Å². The molecule has 17 heavy (non-hydrogen) atoms. The Balaban J connectivity index is 2.15. The van der Waals surface area contributed by atoms with Crippen LogP contribution in [0.2, 0.25) is 0 Å². The molecular weight excluding hydrogens is 212 g/mol. The first-order valence-electron chi connectivity index (χ1n) is 5.38. The minimum atomic E-state index is 0.0120. The van der Waals surface area contributed by atoms with Crippen molar-refractivity contribution >= 4 is 11.8 Å². The number of nitroso groups, excluding NO2 is 1. The van der Waals surface area contributed by atoms with Crippen LogP contribution in [0.25, 0.3) is 6.08 Å². The Morgan fingerprint density at radius 2 is 1.94 bits per heavy atom. The van der Waals surface area contributed by atoms with E-state index in [1.165, 1.54) is 0 Å². The van der Waals surface area contributed by atoms with Gasteiger partial charge in [0.05, 0.1) is 11.0 Å². The number of rotatable bonds is 3. The van der Waals surface area contributed by atoms with Crippen molar-refractivity contribution in [2.45, 2.75) is 0 Å². The lowest BCUT2D eigenvalue weighted by atomic mass is 9.97. The zero-order valence-electron chi connectivity index (χ0n) is 9.23. The number of hydrogen-bond acceptors (Lipinski definition) is 2. The van der Waals surface area contributed by atoms with Gasteiger partial charge in [-0.1, -0.05) is 60.7 Å². The molecule has 3 heteroatoms. The molecule has 0 saturated heterocycles. The molecule has 1 aromatic rings. The van der Waals surface area contributed by atoms with Crippen molar-refractivity contribution in [3.63, 3.8) is 0 Å². The van der Waals surface area contributed by atoms with Crippen molar-refractivity contribution in [3.05, 3.63) is 71.2 Å². The van der Waals surface area contributed by atoms with Gasteiger partial charge in [-0.2, -0.15) is 0 Å². The van der Waals surface area contributed by atoms with Gasteiger partial charge >= 0.3 is 0 Å². The molecule has 0 radical (unpaired) electrons. The van der Waals surface area contributed by atoms with Crippen molar-refractivity contribution in [1.82, 2.24) is 0 Å². The Labute approximate surface area is 99.8 Å². The summed E-state index contributed by atoms with van der Waals surface area (Å²) in [5.41, 5.74) is 1.78. The second-order valence-corrected chi connectivity index (χ2v) is 3.65. The van der Waals surface area contributed by atoms with E-state index in [1.54, 1.807) is 6.08 Å². The molecule has 3 nitrogen and oxygen atoms in total. The third-order valence-electron chi connectivity index (χ3n) is 2.49. The average molecular weight is 224 g/mol. The van der Waals surface area contributed by atoms with Crippen molar-refractivity contribution in [1.29, 1.82) is 0 Å². The van der Waals surface area contributed by atoms with Crippen molar-refractivity contribution < 1.29 is 0 Å². The van der Waals surface area contributed by atoms with Crippen LogP contribution in [-0.4, -0.2) is 5.71 Å². The lowest BCUT2D eigenvalue weighted by molar-refractivity contribution is 1.09. The smallest absolute Gasteiger partial charge is 0.0800 e. The Morgan fingerprint density at radius 1 is 1.12 bits per heavy atom. The first-order chi connectivity index (χ1) is 8.40. The van der Waals surface area contributed by atoms with Gasteiger partial charge in [-0.15, -0.1) is 10.0 Å². The first kappa shape index (κ1) is 11.2. The van der Waals surface area contributed by atoms with Gasteiger partial charge in [0.25, 0.3) is 0 Å². The second kappa shape index (κ2) is 5.70. The molecule has 0 fully saturated rings. The van der Waals surface area contributed by atoms with Crippen molar-refractivity contribution in [3.8, 4) is 0 Å². The summed E-state index contributed by atoms with van der Waals surface area (Å²) < 4.78 is 0. The average Bonchev–Trinajstić information content (AvgIpc) is 2.39. The molecule has 1 unspecified atom stereocenters. The predicted molar refractivity (Wildman–Crippen MR) is 70.5 cm³/mol. The van der Waals surface area contributed by atoms with Crippen LogP contribution in [0.1, 0.15) is 5.56 Å². The van der Waals surface area contributed by atoms with E-state index in [-0.39, 0.29) is 5.92 Å². The molecular formula is C14H12N2O. The van der Waals surface area contributed by atoms with E-state index in [4.69, 9.17) is 0 Å². The van der Waals surface area contributed by atoms with Crippen LogP contribution in [0.3, 0.4) is 0 Å². The fourth-order valence-corrected chi connectivity index (χ4v) is 1.64. The van der Waals surface area contributed by atoms with Crippen LogP contribution in [0.4, 0.5) is 0 Å².